The van der Waals surface area contributed by atoms with Gasteiger partial charge in [-0.3, -0.25) is 0 Å². The molecule has 0 bridgehead atoms. The maximum atomic E-state index is 5.94. The van der Waals surface area contributed by atoms with Gasteiger partial charge in [-0.15, -0.1) is 6.42 Å². The molecule has 1 aliphatic carbocycles. The second-order valence-corrected chi connectivity index (χ2v) is 4.46. The minimum absolute atomic E-state index is 0.296. The fourth-order valence-corrected chi connectivity index (χ4v) is 1.52. The smallest absolute Gasteiger partial charge is 0.0773 e. The van der Waals surface area contributed by atoms with Crippen LogP contribution in [0.1, 0.15) is 39.5 Å². The van der Waals surface area contributed by atoms with Gasteiger partial charge in [0.1, 0.15) is 0 Å². The highest BCUT2D eigenvalue weighted by Gasteiger charge is 2.33. The lowest BCUT2D eigenvalue weighted by molar-refractivity contribution is 0.197. The Bertz CT molecular complexity index is 176. The van der Waals surface area contributed by atoms with Crippen LogP contribution in [-0.4, -0.2) is 5.54 Å². The zero-order valence-corrected chi connectivity index (χ0v) is 7.48. The van der Waals surface area contributed by atoms with Crippen LogP contribution in [0.25, 0.3) is 0 Å². The lowest BCUT2D eigenvalue weighted by Gasteiger charge is -2.38. The molecule has 1 aliphatic rings. The highest BCUT2D eigenvalue weighted by Crippen LogP contribution is 2.38. The molecule has 0 amide bonds. The maximum absolute atomic E-state index is 5.94. The van der Waals surface area contributed by atoms with Crippen molar-refractivity contribution in [1.82, 2.24) is 0 Å². The molecule has 1 saturated carbocycles. The molecule has 1 heteroatoms. The first-order chi connectivity index (χ1) is 4.97. The van der Waals surface area contributed by atoms with Crippen molar-refractivity contribution in [3.05, 3.63) is 0 Å². The lowest BCUT2D eigenvalue weighted by atomic mass is 9.70. The monoisotopic (exact) mass is 151 g/mol. The molecule has 0 unspecified atom stereocenters. The molecule has 0 heterocycles. The van der Waals surface area contributed by atoms with Crippen LogP contribution in [0.2, 0.25) is 0 Å². The third-order valence-corrected chi connectivity index (χ3v) is 2.78. The first-order valence-electron chi connectivity index (χ1n) is 4.24. The predicted octanol–water partition coefficient (Wildman–Crippen LogP) is 1.92. The Kier molecular flexibility index (Phi) is 1.98. The largest absolute Gasteiger partial charge is 0.315 e. The predicted molar refractivity (Wildman–Crippen MR) is 48.0 cm³/mol. The van der Waals surface area contributed by atoms with E-state index in [0.29, 0.717) is 5.41 Å². The zero-order valence-electron chi connectivity index (χ0n) is 7.48. The van der Waals surface area contributed by atoms with Gasteiger partial charge < -0.3 is 5.73 Å². The number of rotatable bonds is 0. The van der Waals surface area contributed by atoms with Gasteiger partial charge in [0.05, 0.1) is 5.54 Å². The van der Waals surface area contributed by atoms with Crippen LogP contribution in [0.15, 0.2) is 0 Å². The van der Waals surface area contributed by atoms with Crippen molar-refractivity contribution < 1.29 is 0 Å². The number of terminal acetylenes is 1. The van der Waals surface area contributed by atoms with E-state index >= 15 is 0 Å². The summed E-state index contributed by atoms with van der Waals surface area (Å²) in [5.41, 5.74) is 6.11. The number of hydrogen-bond donors (Lipinski definition) is 1. The van der Waals surface area contributed by atoms with E-state index in [2.05, 4.69) is 19.8 Å². The average Bonchev–Trinajstić information content (AvgIpc) is 1.97. The molecule has 1 fully saturated rings. The van der Waals surface area contributed by atoms with E-state index in [-0.39, 0.29) is 5.54 Å². The number of hydrogen-bond acceptors (Lipinski definition) is 1. The van der Waals surface area contributed by atoms with E-state index in [1.54, 1.807) is 0 Å². The zero-order chi connectivity index (χ0) is 8.54. The van der Waals surface area contributed by atoms with Gasteiger partial charge in [-0.2, -0.15) is 0 Å². The van der Waals surface area contributed by atoms with Crippen LogP contribution in [0.4, 0.5) is 0 Å². The Hall–Kier alpha value is -0.480. The molecular formula is C10H17N. The second-order valence-electron chi connectivity index (χ2n) is 4.46. The molecule has 62 valence electrons. The summed E-state index contributed by atoms with van der Waals surface area (Å²) < 4.78 is 0. The average molecular weight is 151 g/mol. The number of nitrogens with two attached hydrogens (primary N) is 1. The highest BCUT2D eigenvalue weighted by atomic mass is 14.7. The van der Waals surface area contributed by atoms with E-state index in [4.69, 9.17) is 12.2 Å². The molecule has 1 nitrogen and oxygen atoms in total. The van der Waals surface area contributed by atoms with Crippen LogP contribution < -0.4 is 5.73 Å². The molecule has 2 N–H and O–H groups in total. The van der Waals surface area contributed by atoms with Crippen molar-refractivity contribution in [2.75, 3.05) is 0 Å². The topological polar surface area (TPSA) is 26.0 Å². The molecule has 0 radical (unpaired) electrons. The molecule has 0 aromatic carbocycles. The van der Waals surface area contributed by atoms with E-state index in [0.717, 1.165) is 25.7 Å². The van der Waals surface area contributed by atoms with Crippen LogP contribution >= 0.6 is 0 Å². The first kappa shape index (κ1) is 8.62. The Morgan fingerprint density at radius 2 is 1.64 bits per heavy atom. The molecule has 0 atom stereocenters. The summed E-state index contributed by atoms with van der Waals surface area (Å²) in [6.07, 6.45) is 9.64. The fourth-order valence-electron chi connectivity index (χ4n) is 1.52. The molecule has 0 spiro atoms. The third kappa shape index (κ3) is 1.97. The normalized spacial score (nSPS) is 27.5. The van der Waals surface area contributed by atoms with E-state index in [1.807, 2.05) is 0 Å². The van der Waals surface area contributed by atoms with Gasteiger partial charge in [0.25, 0.3) is 0 Å². The van der Waals surface area contributed by atoms with E-state index < -0.39 is 0 Å². The summed E-state index contributed by atoms with van der Waals surface area (Å²) in [7, 11) is 0. The van der Waals surface area contributed by atoms with E-state index in [1.165, 1.54) is 0 Å². The third-order valence-electron chi connectivity index (χ3n) is 2.78. The molecule has 0 aromatic rings. The fraction of sp³-hybridized carbons (Fsp3) is 0.800. The standard InChI is InChI=1S/C10H17N/c1-4-10(11)7-5-9(2,3)6-8-10/h1H,5-8,11H2,2-3H3. The van der Waals surface area contributed by atoms with Crippen molar-refractivity contribution in [1.29, 1.82) is 0 Å². The van der Waals surface area contributed by atoms with Gasteiger partial charge in [0, 0.05) is 0 Å². The summed E-state index contributed by atoms with van der Waals surface area (Å²) in [5.74, 6) is 2.70. The quantitative estimate of drug-likeness (QED) is 0.526. The van der Waals surface area contributed by atoms with Crippen LogP contribution in [-0.2, 0) is 0 Å². The van der Waals surface area contributed by atoms with Gasteiger partial charge in [0.2, 0.25) is 0 Å². The Morgan fingerprint density at radius 1 is 1.18 bits per heavy atom. The Labute approximate surface area is 69.4 Å². The van der Waals surface area contributed by atoms with Crippen molar-refractivity contribution in [2.45, 2.75) is 45.1 Å². The van der Waals surface area contributed by atoms with Crippen molar-refractivity contribution >= 4 is 0 Å². The van der Waals surface area contributed by atoms with Gasteiger partial charge in [-0.1, -0.05) is 19.8 Å². The van der Waals surface area contributed by atoms with Crippen LogP contribution in [0.5, 0.6) is 0 Å². The van der Waals surface area contributed by atoms with Crippen molar-refractivity contribution in [3.63, 3.8) is 0 Å². The summed E-state index contributed by atoms with van der Waals surface area (Å²) >= 11 is 0. The second kappa shape index (κ2) is 2.53. The molecule has 11 heavy (non-hydrogen) atoms. The van der Waals surface area contributed by atoms with Crippen LogP contribution in [0.3, 0.4) is 0 Å². The molecule has 1 rings (SSSR count). The molecule has 0 aliphatic heterocycles. The summed E-state index contributed by atoms with van der Waals surface area (Å²) in [6, 6.07) is 0. The molecule has 0 aromatic heterocycles. The van der Waals surface area contributed by atoms with Crippen molar-refractivity contribution in [2.24, 2.45) is 11.1 Å². The van der Waals surface area contributed by atoms with Gasteiger partial charge in [-0.25, -0.2) is 0 Å². The van der Waals surface area contributed by atoms with Gasteiger partial charge >= 0.3 is 0 Å². The minimum Gasteiger partial charge on any atom is -0.315 e. The summed E-state index contributed by atoms with van der Waals surface area (Å²) in [5, 5.41) is 0. The lowest BCUT2D eigenvalue weighted by Crippen LogP contribution is -2.43. The molecular weight excluding hydrogens is 134 g/mol. The van der Waals surface area contributed by atoms with Gasteiger partial charge in [-0.05, 0) is 31.1 Å². The SMILES string of the molecule is C#CC1(N)CCC(C)(C)CC1. The van der Waals surface area contributed by atoms with Gasteiger partial charge in [0.15, 0.2) is 0 Å². The Morgan fingerprint density at radius 3 is 2.00 bits per heavy atom. The van der Waals surface area contributed by atoms with Crippen molar-refractivity contribution in [3.8, 4) is 12.3 Å². The Balaban J connectivity index is 2.56. The summed E-state index contributed by atoms with van der Waals surface area (Å²) in [6.45, 7) is 4.56. The van der Waals surface area contributed by atoms with Crippen LogP contribution in [0, 0.1) is 17.8 Å². The minimum atomic E-state index is -0.296. The summed E-state index contributed by atoms with van der Waals surface area (Å²) in [4.78, 5) is 0. The highest BCUT2D eigenvalue weighted by molar-refractivity contribution is 5.13. The molecule has 0 saturated heterocycles. The first-order valence-corrected chi connectivity index (χ1v) is 4.24. The maximum Gasteiger partial charge on any atom is 0.0773 e. The van der Waals surface area contributed by atoms with E-state index in [9.17, 15) is 0 Å².